The van der Waals surface area contributed by atoms with Crippen LogP contribution in [-0.4, -0.2) is 36.2 Å². The molecule has 1 rings (SSSR count). The maximum absolute atomic E-state index is 11.3. The number of rotatable bonds is 7. The van der Waals surface area contributed by atoms with Gasteiger partial charge in [-0.25, -0.2) is 0 Å². The molecule has 3 N–H and O–H groups in total. The molecule has 0 radical (unpaired) electrons. The van der Waals surface area contributed by atoms with Gasteiger partial charge in [-0.05, 0) is 32.1 Å². The molecular weight excluding hydrogens is 192 g/mol. The van der Waals surface area contributed by atoms with E-state index < -0.39 is 5.60 Å². The van der Waals surface area contributed by atoms with Gasteiger partial charge in [0.05, 0.1) is 12.1 Å². The minimum Gasteiger partial charge on any atom is -0.389 e. The Morgan fingerprint density at radius 3 is 2.73 bits per heavy atom. The molecule has 1 unspecified atom stereocenters. The lowest BCUT2D eigenvalue weighted by Gasteiger charge is -2.21. The molecule has 0 saturated heterocycles. The Bertz CT molecular complexity index is 213. The van der Waals surface area contributed by atoms with Crippen LogP contribution in [-0.2, 0) is 4.79 Å². The van der Waals surface area contributed by atoms with Gasteiger partial charge in [-0.1, -0.05) is 6.92 Å². The average Bonchev–Trinajstić information content (AvgIpc) is 2.98. The van der Waals surface area contributed by atoms with Gasteiger partial charge >= 0.3 is 0 Å². The predicted octanol–water partition coefficient (Wildman–Crippen LogP) is 0.263. The first-order chi connectivity index (χ1) is 7.03. The molecule has 1 atom stereocenters. The van der Waals surface area contributed by atoms with Crippen LogP contribution in [0.5, 0.6) is 0 Å². The Morgan fingerprint density at radius 1 is 1.53 bits per heavy atom. The summed E-state index contributed by atoms with van der Waals surface area (Å²) in [7, 11) is 0. The summed E-state index contributed by atoms with van der Waals surface area (Å²) in [5.41, 5.74) is -0.712. The monoisotopic (exact) mass is 214 g/mol. The van der Waals surface area contributed by atoms with Crippen molar-refractivity contribution in [2.24, 2.45) is 5.92 Å². The SMILES string of the molecule is CCC(C)(O)CNCC(=O)NCC1CC1. The quantitative estimate of drug-likeness (QED) is 0.570. The Labute approximate surface area is 91.4 Å². The Kier molecular flexibility index (Phi) is 4.54. The van der Waals surface area contributed by atoms with Crippen molar-refractivity contribution >= 4 is 5.91 Å². The van der Waals surface area contributed by atoms with Gasteiger partial charge in [0.1, 0.15) is 0 Å². The van der Waals surface area contributed by atoms with Crippen molar-refractivity contribution in [2.45, 2.75) is 38.7 Å². The molecule has 0 spiro atoms. The molecule has 4 heteroatoms. The Hall–Kier alpha value is -0.610. The van der Waals surface area contributed by atoms with Crippen LogP contribution in [0.4, 0.5) is 0 Å². The zero-order chi connectivity index (χ0) is 11.3. The van der Waals surface area contributed by atoms with Gasteiger partial charge < -0.3 is 15.7 Å². The van der Waals surface area contributed by atoms with E-state index >= 15 is 0 Å². The number of carbonyl (C=O) groups excluding carboxylic acids is 1. The first-order valence-corrected chi connectivity index (χ1v) is 5.73. The Morgan fingerprint density at radius 2 is 2.20 bits per heavy atom. The van der Waals surface area contributed by atoms with Gasteiger partial charge in [0.25, 0.3) is 0 Å². The Balaban J connectivity index is 2.00. The zero-order valence-electron chi connectivity index (χ0n) is 9.68. The first-order valence-electron chi connectivity index (χ1n) is 5.73. The van der Waals surface area contributed by atoms with E-state index in [1.54, 1.807) is 6.92 Å². The second-order valence-corrected chi connectivity index (χ2v) is 4.70. The number of hydrogen-bond acceptors (Lipinski definition) is 3. The van der Waals surface area contributed by atoms with Crippen molar-refractivity contribution in [1.29, 1.82) is 0 Å². The van der Waals surface area contributed by atoms with Gasteiger partial charge in [-0.2, -0.15) is 0 Å². The van der Waals surface area contributed by atoms with E-state index in [4.69, 9.17) is 0 Å². The fourth-order valence-electron chi connectivity index (χ4n) is 1.21. The van der Waals surface area contributed by atoms with E-state index in [0.717, 1.165) is 6.54 Å². The lowest BCUT2D eigenvalue weighted by Crippen LogP contribution is -2.42. The highest BCUT2D eigenvalue weighted by Gasteiger charge is 2.21. The van der Waals surface area contributed by atoms with Gasteiger partial charge in [0.15, 0.2) is 0 Å². The van der Waals surface area contributed by atoms with E-state index in [2.05, 4.69) is 10.6 Å². The van der Waals surface area contributed by atoms with E-state index in [0.29, 0.717) is 25.4 Å². The molecule has 1 aliphatic carbocycles. The van der Waals surface area contributed by atoms with E-state index in [1.165, 1.54) is 12.8 Å². The maximum atomic E-state index is 11.3. The van der Waals surface area contributed by atoms with E-state index in [9.17, 15) is 9.90 Å². The van der Waals surface area contributed by atoms with Crippen LogP contribution in [0.2, 0.25) is 0 Å². The fourth-order valence-corrected chi connectivity index (χ4v) is 1.21. The van der Waals surface area contributed by atoms with E-state index in [1.807, 2.05) is 6.92 Å². The predicted molar refractivity (Wildman–Crippen MR) is 59.5 cm³/mol. The van der Waals surface area contributed by atoms with Crippen LogP contribution >= 0.6 is 0 Å². The lowest BCUT2D eigenvalue weighted by atomic mass is 10.0. The van der Waals surface area contributed by atoms with Crippen molar-refractivity contribution in [2.75, 3.05) is 19.6 Å². The molecule has 0 aliphatic heterocycles. The molecule has 4 nitrogen and oxygen atoms in total. The first kappa shape index (κ1) is 12.5. The summed E-state index contributed by atoms with van der Waals surface area (Å²) in [5.74, 6) is 0.738. The van der Waals surface area contributed by atoms with Gasteiger partial charge in [-0.3, -0.25) is 4.79 Å². The smallest absolute Gasteiger partial charge is 0.233 e. The molecule has 0 aromatic rings. The third-order valence-corrected chi connectivity index (χ3v) is 2.84. The minimum atomic E-state index is -0.712. The van der Waals surface area contributed by atoms with Crippen LogP contribution in [0.25, 0.3) is 0 Å². The molecule has 0 heterocycles. The molecule has 1 amide bonds. The molecule has 15 heavy (non-hydrogen) atoms. The van der Waals surface area contributed by atoms with Gasteiger partial charge in [-0.15, -0.1) is 0 Å². The van der Waals surface area contributed by atoms with Crippen molar-refractivity contribution in [3.05, 3.63) is 0 Å². The number of carbonyl (C=O) groups is 1. The number of nitrogens with one attached hydrogen (secondary N) is 2. The summed E-state index contributed by atoms with van der Waals surface area (Å²) in [6.45, 7) is 5.25. The molecule has 0 aromatic carbocycles. The highest BCUT2D eigenvalue weighted by molar-refractivity contribution is 5.77. The molecule has 1 fully saturated rings. The summed E-state index contributed by atoms with van der Waals surface area (Å²) >= 11 is 0. The van der Waals surface area contributed by atoms with Crippen molar-refractivity contribution < 1.29 is 9.90 Å². The normalized spacial score (nSPS) is 19.7. The summed E-state index contributed by atoms with van der Waals surface area (Å²) < 4.78 is 0. The fraction of sp³-hybridized carbons (Fsp3) is 0.909. The van der Waals surface area contributed by atoms with Crippen LogP contribution in [0.3, 0.4) is 0 Å². The second-order valence-electron chi connectivity index (χ2n) is 4.70. The number of aliphatic hydroxyl groups is 1. The summed E-state index contributed by atoms with van der Waals surface area (Å²) in [6.07, 6.45) is 3.18. The lowest BCUT2D eigenvalue weighted by molar-refractivity contribution is -0.120. The summed E-state index contributed by atoms with van der Waals surface area (Å²) in [6, 6.07) is 0. The number of amides is 1. The third-order valence-electron chi connectivity index (χ3n) is 2.84. The molecule has 0 aromatic heterocycles. The van der Waals surface area contributed by atoms with Gasteiger partial charge in [0.2, 0.25) is 5.91 Å². The summed E-state index contributed by atoms with van der Waals surface area (Å²) in [4.78, 5) is 11.3. The molecule has 1 aliphatic rings. The maximum Gasteiger partial charge on any atom is 0.233 e. The standard InChI is InChI=1S/C11H22N2O2/c1-3-11(2,15)8-12-7-10(14)13-6-9-4-5-9/h9,12,15H,3-8H2,1-2H3,(H,13,14). The molecule has 88 valence electrons. The number of hydrogen-bond donors (Lipinski definition) is 3. The molecular formula is C11H22N2O2. The van der Waals surface area contributed by atoms with Crippen LogP contribution < -0.4 is 10.6 Å². The minimum absolute atomic E-state index is 0.0220. The van der Waals surface area contributed by atoms with Gasteiger partial charge in [0, 0.05) is 13.1 Å². The van der Waals surface area contributed by atoms with Crippen LogP contribution in [0.15, 0.2) is 0 Å². The average molecular weight is 214 g/mol. The van der Waals surface area contributed by atoms with Crippen molar-refractivity contribution in [3.8, 4) is 0 Å². The highest BCUT2D eigenvalue weighted by Crippen LogP contribution is 2.27. The molecule has 1 saturated carbocycles. The van der Waals surface area contributed by atoms with Crippen molar-refractivity contribution in [3.63, 3.8) is 0 Å². The van der Waals surface area contributed by atoms with Crippen LogP contribution in [0.1, 0.15) is 33.1 Å². The highest BCUT2D eigenvalue weighted by atomic mass is 16.3. The topological polar surface area (TPSA) is 61.4 Å². The summed E-state index contributed by atoms with van der Waals surface area (Å²) in [5, 5.41) is 15.5. The molecule has 0 bridgehead atoms. The van der Waals surface area contributed by atoms with Crippen molar-refractivity contribution in [1.82, 2.24) is 10.6 Å². The zero-order valence-corrected chi connectivity index (χ0v) is 9.68. The van der Waals surface area contributed by atoms with Crippen LogP contribution in [0, 0.1) is 5.92 Å². The largest absolute Gasteiger partial charge is 0.389 e. The van der Waals surface area contributed by atoms with E-state index in [-0.39, 0.29) is 5.91 Å². The third kappa shape index (κ3) is 5.74. The second kappa shape index (κ2) is 5.47.